The SMILES string of the molecule is CC[NH2+][C@H](CC)c1nc2ccccc2c(=O)n1-c1ccc(OCC)cc1. The molecule has 5 nitrogen and oxygen atoms in total. The van der Waals surface area contributed by atoms with Gasteiger partial charge in [-0.2, -0.15) is 0 Å². The smallest absolute Gasteiger partial charge is 0.266 e. The largest absolute Gasteiger partial charge is 0.494 e. The Kier molecular flexibility index (Phi) is 5.68. The predicted molar refractivity (Wildman–Crippen MR) is 104 cm³/mol. The summed E-state index contributed by atoms with van der Waals surface area (Å²) >= 11 is 0. The van der Waals surface area contributed by atoms with E-state index in [0.717, 1.165) is 35.7 Å². The van der Waals surface area contributed by atoms with Gasteiger partial charge in [-0.05, 0) is 50.2 Å². The molecule has 26 heavy (non-hydrogen) atoms. The minimum atomic E-state index is -0.0299. The average molecular weight is 352 g/mol. The van der Waals surface area contributed by atoms with Crippen molar-refractivity contribution in [3.05, 3.63) is 64.7 Å². The molecule has 1 atom stereocenters. The third kappa shape index (κ3) is 3.48. The Morgan fingerprint density at radius 1 is 1.08 bits per heavy atom. The highest BCUT2D eigenvalue weighted by Crippen LogP contribution is 2.20. The molecule has 136 valence electrons. The van der Waals surface area contributed by atoms with Crippen LogP contribution in [0.25, 0.3) is 16.6 Å². The zero-order valence-electron chi connectivity index (χ0n) is 15.6. The van der Waals surface area contributed by atoms with E-state index in [1.165, 1.54) is 0 Å². The molecular weight excluding hydrogens is 326 g/mol. The van der Waals surface area contributed by atoms with Gasteiger partial charge in [-0.25, -0.2) is 4.98 Å². The number of rotatable bonds is 7. The van der Waals surface area contributed by atoms with Gasteiger partial charge in [0.2, 0.25) is 0 Å². The van der Waals surface area contributed by atoms with Crippen molar-refractivity contribution in [3.63, 3.8) is 0 Å². The van der Waals surface area contributed by atoms with Crippen LogP contribution in [0.3, 0.4) is 0 Å². The van der Waals surface area contributed by atoms with E-state index in [1.54, 1.807) is 4.57 Å². The summed E-state index contributed by atoms with van der Waals surface area (Å²) in [6.07, 6.45) is 0.898. The lowest BCUT2D eigenvalue weighted by atomic mass is 10.1. The van der Waals surface area contributed by atoms with Gasteiger partial charge < -0.3 is 10.1 Å². The summed E-state index contributed by atoms with van der Waals surface area (Å²) in [6, 6.07) is 15.3. The first kappa shape index (κ1) is 18.1. The highest BCUT2D eigenvalue weighted by atomic mass is 16.5. The molecule has 0 unspecified atom stereocenters. The molecule has 3 rings (SSSR count). The number of nitrogens with zero attached hydrogens (tertiary/aromatic N) is 2. The maximum absolute atomic E-state index is 13.3. The van der Waals surface area contributed by atoms with Crippen molar-refractivity contribution in [2.45, 2.75) is 33.2 Å². The molecule has 1 heterocycles. The van der Waals surface area contributed by atoms with Gasteiger partial charge in [0.1, 0.15) is 11.8 Å². The molecule has 0 radical (unpaired) electrons. The summed E-state index contributed by atoms with van der Waals surface area (Å²) in [5, 5.41) is 2.86. The van der Waals surface area contributed by atoms with Crippen LogP contribution in [0.4, 0.5) is 0 Å². The normalized spacial score (nSPS) is 12.3. The van der Waals surface area contributed by atoms with Gasteiger partial charge in [-0.15, -0.1) is 0 Å². The van der Waals surface area contributed by atoms with E-state index in [2.05, 4.69) is 19.2 Å². The van der Waals surface area contributed by atoms with Crippen LogP contribution in [-0.2, 0) is 0 Å². The van der Waals surface area contributed by atoms with Crippen molar-refractivity contribution in [1.82, 2.24) is 9.55 Å². The van der Waals surface area contributed by atoms with Gasteiger partial charge in [0.15, 0.2) is 5.82 Å². The van der Waals surface area contributed by atoms with Crippen LogP contribution in [0.15, 0.2) is 53.3 Å². The Morgan fingerprint density at radius 2 is 1.81 bits per heavy atom. The molecule has 0 saturated heterocycles. The van der Waals surface area contributed by atoms with Gasteiger partial charge in [-0.1, -0.05) is 19.1 Å². The van der Waals surface area contributed by atoms with E-state index in [0.29, 0.717) is 12.0 Å². The number of benzene rings is 2. The number of fused-ring (bicyclic) bond motifs is 1. The fourth-order valence-corrected chi connectivity index (χ4v) is 3.25. The van der Waals surface area contributed by atoms with Crippen molar-refractivity contribution in [2.24, 2.45) is 0 Å². The number of ether oxygens (including phenoxy) is 1. The van der Waals surface area contributed by atoms with Crippen LogP contribution in [0.5, 0.6) is 5.75 Å². The molecule has 2 aromatic carbocycles. The van der Waals surface area contributed by atoms with Gasteiger partial charge >= 0.3 is 0 Å². The summed E-state index contributed by atoms with van der Waals surface area (Å²) in [5.41, 5.74) is 1.53. The second-order valence-electron chi connectivity index (χ2n) is 6.21. The molecule has 0 aliphatic heterocycles. The van der Waals surface area contributed by atoms with E-state index >= 15 is 0 Å². The molecule has 0 aliphatic rings. The molecular formula is C21H26N3O2+. The Hall–Kier alpha value is -2.66. The lowest BCUT2D eigenvalue weighted by molar-refractivity contribution is -0.694. The monoisotopic (exact) mass is 352 g/mol. The summed E-state index contributed by atoms with van der Waals surface area (Å²) in [6.45, 7) is 7.75. The van der Waals surface area contributed by atoms with Crippen LogP contribution in [0.2, 0.25) is 0 Å². The first-order chi connectivity index (χ1) is 12.7. The van der Waals surface area contributed by atoms with Crippen molar-refractivity contribution < 1.29 is 10.1 Å². The zero-order chi connectivity index (χ0) is 18.5. The van der Waals surface area contributed by atoms with Gasteiger partial charge in [-0.3, -0.25) is 9.36 Å². The summed E-state index contributed by atoms with van der Waals surface area (Å²) < 4.78 is 7.27. The highest BCUT2D eigenvalue weighted by molar-refractivity contribution is 5.77. The van der Waals surface area contributed by atoms with E-state index in [9.17, 15) is 4.79 Å². The van der Waals surface area contributed by atoms with E-state index < -0.39 is 0 Å². The van der Waals surface area contributed by atoms with Gasteiger partial charge in [0.05, 0.1) is 29.7 Å². The molecule has 1 aromatic heterocycles. The lowest BCUT2D eigenvalue weighted by Gasteiger charge is -2.19. The zero-order valence-corrected chi connectivity index (χ0v) is 15.6. The second-order valence-corrected chi connectivity index (χ2v) is 6.21. The van der Waals surface area contributed by atoms with Crippen molar-refractivity contribution >= 4 is 10.9 Å². The van der Waals surface area contributed by atoms with Crippen molar-refractivity contribution in [1.29, 1.82) is 0 Å². The number of aromatic nitrogens is 2. The molecule has 0 bridgehead atoms. The third-order valence-electron chi connectivity index (χ3n) is 4.50. The molecule has 3 aromatic rings. The van der Waals surface area contributed by atoms with Crippen LogP contribution < -0.4 is 15.6 Å². The Balaban J connectivity index is 2.23. The maximum Gasteiger partial charge on any atom is 0.266 e. The molecule has 0 spiro atoms. The van der Waals surface area contributed by atoms with Crippen LogP contribution in [-0.4, -0.2) is 22.7 Å². The van der Waals surface area contributed by atoms with Crippen LogP contribution in [0.1, 0.15) is 39.1 Å². The van der Waals surface area contributed by atoms with Crippen molar-refractivity contribution in [2.75, 3.05) is 13.2 Å². The van der Waals surface area contributed by atoms with Crippen LogP contribution >= 0.6 is 0 Å². The first-order valence-corrected chi connectivity index (χ1v) is 9.27. The topological polar surface area (TPSA) is 60.7 Å². The highest BCUT2D eigenvalue weighted by Gasteiger charge is 2.21. The Bertz CT molecular complexity index is 932. The van der Waals surface area contributed by atoms with E-state index in [4.69, 9.17) is 9.72 Å². The quantitative estimate of drug-likeness (QED) is 0.711. The van der Waals surface area contributed by atoms with Crippen LogP contribution in [0, 0.1) is 0 Å². The number of hydrogen-bond donors (Lipinski definition) is 1. The summed E-state index contributed by atoms with van der Waals surface area (Å²) in [4.78, 5) is 18.1. The summed E-state index contributed by atoms with van der Waals surface area (Å²) in [7, 11) is 0. The predicted octanol–water partition coefficient (Wildman–Crippen LogP) is 2.82. The van der Waals surface area contributed by atoms with Crippen molar-refractivity contribution in [3.8, 4) is 11.4 Å². The number of quaternary nitrogens is 1. The number of nitrogens with two attached hydrogens (primary N) is 1. The molecule has 0 aliphatic carbocycles. The molecule has 0 fully saturated rings. The molecule has 0 saturated carbocycles. The Morgan fingerprint density at radius 3 is 2.46 bits per heavy atom. The second kappa shape index (κ2) is 8.15. The van der Waals surface area contributed by atoms with Gasteiger partial charge in [0.25, 0.3) is 5.56 Å². The fraction of sp³-hybridized carbons (Fsp3) is 0.333. The number of para-hydroxylation sites is 1. The maximum atomic E-state index is 13.3. The Labute approximate surface area is 153 Å². The fourth-order valence-electron chi connectivity index (χ4n) is 3.25. The average Bonchev–Trinajstić information content (AvgIpc) is 2.67. The lowest BCUT2D eigenvalue weighted by Crippen LogP contribution is -2.85. The minimum Gasteiger partial charge on any atom is -0.494 e. The minimum absolute atomic E-state index is 0.0299. The number of hydrogen-bond acceptors (Lipinski definition) is 3. The van der Waals surface area contributed by atoms with E-state index in [1.807, 2.05) is 55.5 Å². The van der Waals surface area contributed by atoms with Gasteiger partial charge in [0, 0.05) is 6.42 Å². The third-order valence-corrected chi connectivity index (χ3v) is 4.50. The molecule has 5 heteroatoms. The standard InChI is InChI=1S/C21H25N3O2/c1-4-18(22-5-2)20-23-19-10-8-7-9-17(19)21(25)24(20)15-11-13-16(14-12-15)26-6-3/h7-14,18,22H,4-6H2,1-3H3/p+1/t18-/m1/s1. The molecule has 0 amide bonds. The first-order valence-electron chi connectivity index (χ1n) is 9.27. The molecule has 2 N–H and O–H groups in total. The van der Waals surface area contributed by atoms with E-state index in [-0.39, 0.29) is 11.6 Å². The summed E-state index contributed by atoms with van der Waals surface area (Å²) in [5.74, 6) is 1.59.